The number of alkyl halides is 1. The molecule has 0 saturated carbocycles. The molecule has 2 unspecified atom stereocenters. The van der Waals surface area contributed by atoms with Crippen LogP contribution in [-0.2, 0) is 10.8 Å². The Kier molecular flexibility index (Phi) is 6.76. The molecule has 0 aliphatic heterocycles. The summed E-state index contributed by atoms with van der Waals surface area (Å²) in [7, 11) is -1.47. The van der Waals surface area contributed by atoms with Crippen molar-refractivity contribution in [3.8, 4) is 6.07 Å². The van der Waals surface area contributed by atoms with Crippen molar-refractivity contribution >= 4 is 10.8 Å². The van der Waals surface area contributed by atoms with Crippen LogP contribution >= 0.6 is 0 Å². The van der Waals surface area contributed by atoms with Crippen LogP contribution in [-0.4, -0.2) is 27.4 Å². The number of nitrogens with zero attached hydrogens (tertiary/aromatic N) is 1. The molecular formula is C7H12FNO2S. The van der Waals surface area contributed by atoms with Gasteiger partial charge in [-0.2, -0.15) is 5.26 Å². The SMILES string of the molecule is C=CCC(C#N)(CF)S(C)=O.O. The van der Waals surface area contributed by atoms with Gasteiger partial charge in [-0.3, -0.25) is 4.21 Å². The summed E-state index contributed by atoms with van der Waals surface area (Å²) in [5.74, 6) is 0. The Hall–Kier alpha value is -0.730. The molecule has 12 heavy (non-hydrogen) atoms. The maximum absolute atomic E-state index is 12.3. The summed E-state index contributed by atoms with van der Waals surface area (Å²) >= 11 is 0. The predicted molar refractivity (Wildman–Crippen MR) is 46.8 cm³/mol. The van der Waals surface area contributed by atoms with Gasteiger partial charge in [0, 0.05) is 17.1 Å². The molecule has 70 valence electrons. The van der Waals surface area contributed by atoms with Gasteiger partial charge in [0.15, 0.2) is 4.75 Å². The second-order valence-electron chi connectivity index (χ2n) is 2.19. The fourth-order valence-corrected chi connectivity index (χ4v) is 1.26. The van der Waals surface area contributed by atoms with Gasteiger partial charge in [0.05, 0.1) is 6.07 Å². The average Bonchev–Trinajstić information content (AvgIpc) is 2.00. The Morgan fingerprint density at radius 2 is 2.33 bits per heavy atom. The highest BCUT2D eigenvalue weighted by atomic mass is 32.2. The van der Waals surface area contributed by atoms with Gasteiger partial charge >= 0.3 is 0 Å². The summed E-state index contributed by atoms with van der Waals surface area (Å²) in [6.07, 6.45) is 2.86. The highest BCUT2D eigenvalue weighted by Gasteiger charge is 2.33. The summed E-state index contributed by atoms with van der Waals surface area (Å²) in [5, 5.41) is 8.55. The zero-order valence-corrected chi connectivity index (χ0v) is 7.66. The smallest absolute Gasteiger partial charge is 0.163 e. The van der Waals surface area contributed by atoms with Gasteiger partial charge in [-0.15, -0.1) is 6.58 Å². The van der Waals surface area contributed by atoms with E-state index in [1.54, 1.807) is 6.07 Å². The van der Waals surface area contributed by atoms with Crippen molar-refractivity contribution in [2.75, 3.05) is 12.9 Å². The van der Waals surface area contributed by atoms with Gasteiger partial charge in [0.25, 0.3) is 0 Å². The van der Waals surface area contributed by atoms with Gasteiger partial charge in [0.2, 0.25) is 0 Å². The van der Waals surface area contributed by atoms with Gasteiger partial charge in [-0.05, 0) is 6.42 Å². The van der Waals surface area contributed by atoms with Gasteiger partial charge in [-0.1, -0.05) is 6.08 Å². The third kappa shape index (κ3) is 2.72. The van der Waals surface area contributed by atoms with Crippen LogP contribution in [0.2, 0.25) is 0 Å². The van der Waals surface area contributed by atoms with E-state index < -0.39 is 22.2 Å². The minimum Gasteiger partial charge on any atom is -0.412 e. The Bertz CT molecular complexity index is 214. The number of nitriles is 1. The lowest BCUT2D eigenvalue weighted by molar-refractivity contribution is 0.436. The molecule has 0 radical (unpaired) electrons. The summed E-state index contributed by atoms with van der Waals surface area (Å²) in [6.45, 7) is 2.48. The summed E-state index contributed by atoms with van der Waals surface area (Å²) in [5.41, 5.74) is 0. The van der Waals surface area contributed by atoms with Gasteiger partial charge in [0.1, 0.15) is 6.67 Å². The number of allylic oxidation sites excluding steroid dienone is 1. The van der Waals surface area contributed by atoms with Gasteiger partial charge < -0.3 is 5.48 Å². The highest BCUT2D eigenvalue weighted by Crippen LogP contribution is 2.18. The van der Waals surface area contributed by atoms with E-state index in [1.165, 1.54) is 12.3 Å². The molecule has 5 heteroatoms. The normalized spacial score (nSPS) is 16.4. The van der Waals surface area contributed by atoms with Crippen LogP contribution in [0.15, 0.2) is 12.7 Å². The first kappa shape index (κ1) is 13.8. The zero-order valence-electron chi connectivity index (χ0n) is 6.84. The molecule has 3 nitrogen and oxygen atoms in total. The van der Waals surface area contributed by atoms with Crippen LogP contribution in [0.4, 0.5) is 4.39 Å². The second kappa shape index (κ2) is 5.86. The minimum atomic E-state index is -1.47. The Morgan fingerprint density at radius 1 is 1.83 bits per heavy atom. The lowest BCUT2D eigenvalue weighted by Gasteiger charge is -2.17. The maximum atomic E-state index is 12.3. The van der Waals surface area contributed by atoms with E-state index in [4.69, 9.17) is 5.26 Å². The molecule has 0 rings (SSSR count). The minimum absolute atomic E-state index is 0. The van der Waals surface area contributed by atoms with Crippen molar-refractivity contribution in [1.82, 2.24) is 0 Å². The van der Waals surface area contributed by atoms with Crippen LogP contribution in [0, 0.1) is 11.3 Å². The van der Waals surface area contributed by atoms with E-state index >= 15 is 0 Å². The molecule has 0 fully saturated rings. The second-order valence-corrected chi connectivity index (χ2v) is 3.88. The average molecular weight is 193 g/mol. The number of hydrogen-bond acceptors (Lipinski definition) is 2. The maximum Gasteiger partial charge on any atom is 0.163 e. The van der Waals surface area contributed by atoms with Crippen LogP contribution in [0.1, 0.15) is 6.42 Å². The molecular weight excluding hydrogens is 181 g/mol. The van der Waals surface area contributed by atoms with Crippen LogP contribution in [0.25, 0.3) is 0 Å². The van der Waals surface area contributed by atoms with Crippen LogP contribution in [0.3, 0.4) is 0 Å². The molecule has 2 atom stereocenters. The monoisotopic (exact) mass is 193 g/mol. The van der Waals surface area contributed by atoms with Crippen molar-refractivity contribution in [2.45, 2.75) is 11.2 Å². The zero-order chi connectivity index (χ0) is 8.91. The first-order valence-corrected chi connectivity index (χ1v) is 4.60. The molecule has 2 N–H and O–H groups in total. The van der Waals surface area contributed by atoms with E-state index in [-0.39, 0.29) is 11.9 Å². The molecule has 0 amide bonds. The van der Waals surface area contributed by atoms with Gasteiger partial charge in [-0.25, -0.2) is 4.39 Å². The molecule has 0 aromatic rings. The van der Waals surface area contributed by atoms with E-state index in [0.29, 0.717) is 0 Å². The molecule has 0 spiro atoms. The lowest BCUT2D eigenvalue weighted by atomic mass is 10.1. The predicted octanol–water partition coefficient (Wildman–Crippen LogP) is 0.348. The molecule has 0 bridgehead atoms. The topological polar surface area (TPSA) is 72.4 Å². The Morgan fingerprint density at radius 3 is 2.42 bits per heavy atom. The fourth-order valence-electron chi connectivity index (χ4n) is 0.622. The Labute approximate surface area is 73.7 Å². The van der Waals surface area contributed by atoms with Crippen molar-refractivity contribution in [2.24, 2.45) is 0 Å². The van der Waals surface area contributed by atoms with Crippen molar-refractivity contribution < 1.29 is 14.1 Å². The van der Waals surface area contributed by atoms with Crippen LogP contribution < -0.4 is 0 Å². The quantitative estimate of drug-likeness (QED) is 0.604. The van der Waals surface area contributed by atoms with Crippen LogP contribution in [0.5, 0.6) is 0 Å². The molecule has 0 aliphatic rings. The number of rotatable bonds is 4. The lowest BCUT2D eigenvalue weighted by Crippen LogP contribution is -2.33. The summed E-state index contributed by atoms with van der Waals surface area (Å²) in [4.78, 5) is 0. The molecule has 0 aromatic carbocycles. The first-order valence-electron chi connectivity index (χ1n) is 3.04. The van der Waals surface area contributed by atoms with Crippen molar-refractivity contribution in [3.05, 3.63) is 12.7 Å². The molecule has 0 aliphatic carbocycles. The number of hydrogen-bond donors (Lipinski definition) is 0. The largest absolute Gasteiger partial charge is 0.412 e. The standard InChI is InChI=1S/C7H10FNOS.H2O/c1-3-4-7(5-8,6-9)11(2)10;/h3H,1,4-5H2,2H3;1H2. The summed E-state index contributed by atoms with van der Waals surface area (Å²) in [6, 6.07) is 1.72. The van der Waals surface area contributed by atoms with E-state index in [0.717, 1.165) is 0 Å². The van der Waals surface area contributed by atoms with E-state index in [2.05, 4.69) is 6.58 Å². The van der Waals surface area contributed by atoms with E-state index in [9.17, 15) is 8.60 Å². The molecule has 0 heterocycles. The van der Waals surface area contributed by atoms with Crippen molar-refractivity contribution in [1.29, 1.82) is 5.26 Å². The first-order chi connectivity index (χ1) is 5.13. The third-order valence-electron chi connectivity index (χ3n) is 1.44. The summed E-state index contributed by atoms with van der Waals surface area (Å²) < 4.78 is 21.8. The highest BCUT2D eigenvalue weighted by molar-refractivity contribution is 7.86. The third-order valence-corrected chi connectivity index (χ3v) is 2.91. The molecule has 0 aromatic heterocycles. The van der Waals surface area contributed by atoms with Crippen molar-refractivity contribution in [3.63, 3.8) is 0 Å². The van der Waals surface area contributed by atoms with E-state index in [1.807, 2.05) is 0 Å². The fraction of sp³-hybridized carbons (Fsp3) is 0.571. The Balaban J connectivity index is 0. The molecule has 0 saturated heterocycles. The number of halogens is 1.